The van der Waals surface area contributed by atoms with E-state index in [0.717, 1.165) is 4.88 Å². The molecule has 0 radical (unpaired) electrons. The Bertz CT molecular complexity index is 595. The zero-order valence-corrected chi connectivity index (χ0v) is 10.9. The van der Waals surface area contributed by atoms with Gasteiger partial charge in [0.2, 0.25) is 0 Å². The van der Waals surface area contributed by atoms with Crippen molar-refractivity contribution in [1.82, 2.24) is 10.3 Å². The fourth-order valence-electron chi connectivity index (χ4n) is 1.41. The van der Waals surface area contributed by atoms with Crippen molar-refractivity contribution in [3.8, 4) is 11.8 Å². The smallest absolute Gasteiger partial charge is 0.270 e. The molecule has 0 aromatic carbocycles. The maximum absolute atomic E-state index is 11.8. The number of hydrogen-bond acceptors (Lipinski definition) is 4. The molecule has 0 fully saturated rings. The van der Waals surface area contributed by atoms with Gasteiger partial charge < -0.3 is 10.4 Å². The third-order valence-electron chi connectivity index (χ3n) is 2.31. The van der Waals surface area contributed by atoms with Crippen LogP contribution in [0.1, 0.15) is 20.9 Å². The predicted molar refractivity (Wildman–Crippen MR) is 73.7 cm³/mol. The van der Waals surface area contributed by atoms with Gasteiger partial charge in [-0.3, -0.25) is 4.79 Å². The van der Waals surface area contributed by atoms with Crippen LogP contribution in [-0.4, -0.2) is 22.6 Å². The van der Waals surface area contributed by atoms with Crippen LogP contribution in [0.5, 0.6) is 0 Å². The molecule has 1 amide bonds. The van der Waals surface area contributed by atoms with E-state index in [0.29, 0.717) is 17.8 Å². The zero-order chi connectivity index (χ0) is 13.5. The monoisotopic (exact) mass is 272 g/mol. The molecule has 96 valence electrons. The number of nitrogens with zero attached hydrogens (tertiary/aromatic N) is 1. The molecule has 5 heteroatoms. The number of rotatable bonds is 3. The SMILES string of the molecule is O=C(NCc1cccs1)c1ccc(C#CCO)cn1. The first-order valence-corrected chi connectivity index (χ1v) is 6.54. The normalized spacial score (nSPS) is 9.53. The molecule has 0 saturated heterocycles. The number of aliphatic hydroxyl groups excluding tert-OH is 1. The van der Waals surface area contributed by atoms with Crippen LogP contribution in [0.3, 0.4) is 0 Å². The average molecular weight is 272 g/mol. The highest BCUT2D eigenvalue weighted by Gasteiger charge is 2.06. The van der Waals surface area contributed by atoms with Crippen molar-refractivity contribution in [3.05, 3.63) is 52.0 Å². The summed E-state index contributed by atoms with van der Waals surface area (Å²) >= 11 is 1.59. The van der Waals surface area contributed by atoms with E-state index in [1.807, 2.05) is 17.5 Å². The second kappa shape index (κ2) is 6.69. The zero-order valence-electron chi connectivity index (χ0n) is 10.1. The fraction of sp³-hybridized carbons (Fsp3) is 0.143. The molecule has 2 heterocycles. The van der Waals surface area contributed by atoms with Crippen LogP contribution in [-0.2, 0) is 6.54 Å². The van der Waals surface area contributed by atoms with Gasteiger partial charge in [0.05, 0.1) is 6.54 Å². The fourth-order valence-corrected chi connectivity index (χ4v) is 2.06. The standard InChI is InChI=1S/C14H12N2O2S/c17-7-1-3-11-5-6-13(15-9-11)14(18)16-10-12-4-2-8-19-12/h2,4-6,8-9,17H,7,10H2,(H,16,18). The molecular formula is C14H12N2O2S. The molecule has 0 aliphatic heterocycles. The highest BCUT2D eigenvalue weighted by Crippen LogP contribution is 2.08. The second-order valence-corrected chi connectivity index (χ2v) is 4.69. The Kier molecular flexibility index (Phi) is 4.67. The van der Waals surface area contributed by atoms with Crippen molar-refractivity contribution >= 4 is 17.2 Å². The molecular weight excluding hydrogens is 260 g/mol. The van der Waals surface area contributed by atoms with Crippen molar-refractivity contribution < 1.29 is 9.90 Å². The van der Waals surface area contributed by atoms with E-state index in [2.05, 4.69) is 22.1 Å². The Hall–Kier alpha value is -2.16. The highest BCUT2D eigenvalue weighted by atomic mass is 32.1. The number of thiophene rings is 1. The topological polar surface area (TPSA) is 62.2 Å². The van der Waals surface area contributed by atoms with E-state index < -0.39 is 0 Å². The molecule has 0 spiro atoms. The lowest BCUT2D eigenvalue weighted by Crippen LogP contribution is -2.23. The van der Waals surface area contributed by atoms with E-state index in [1.54, 1.807) is 23.5 Å². The number of aliphatic hydroxyl groups is 1. The van der Waals surface area contributed by atoms with Crippen LogP contribution in [0, 0.1) is 11.8 Å². The van der Waals surface area contributed by atoms with E-state index in [-0.39, 0.29) is 12.5 Å². The van der Waals surface area contributed by atoms with Crippen LogP contribution in [0.2, 0.25) is 0 Å². The molecule has 19 heavy (non-hydrogen) atoms. The van der Waals surface area contributed by atoms with E-state index in [4.69, 9.17) is 5.11 Å². The number of carbonyl (C=O) groups excluding carboxylic acids is 1. The predicted octanol–water partition coefficient (Wildman–Crippen LogP) is 1.42. The molecule has 2 aromatic heterocycles. The maximum Gasteiger partial charge on any atom is 0.270 e. The van der Waals surface area contributed by atoms with Crippen molar-refractivity contribution in [1.29, 1.82) is 0 Å². The van der Waals surface area contributed by atoms with Crippen LogP contribution < -0.4 is 5.32 Å². The summed E-state index contributed by atoms with van der Waals surface area (Å²) in [6.07, 6.45) is 1.52. The van der Waals surface area contributed by atoms with E-state index >= 15 is 0 Å². The Balaban J connectivity index is 1.95. The summed E-state index contributed by atoms with van der Waals surface area (Å²) in [6, 6.07) is 7.23. The van der Waals surface area contributed by atoms with Gasteiger partial charge in [-0.2, -0.15) is 0 Å². The Morgan fingerprint density at radius 1 is 1.42 bits per heavy atom. The minimum Gasteiger partial charge on any atom is -0.384 e. The largest absolute Gasteiger partial charge is 0.384 e. The van der Waals surface area contributed by atoms with Gasteiger partial charge >= 0.3 is 0 Å². The van der Waals surface area contributed by atoms with Crippen LogP contribution in [0.25, 0.3) is 0 Å². The lowest BCUT2D eigenvalue weighted by atomic mass is 10.2. The first kappa shape index (κ1) is 13.3. The second-order valence-electron chi connectivity index (χ2n) is 3.65. The molecule has 2 rings (SSSR count). The van der Waals surface area contributed by atoms with Crippen molar-refractivity contribution in [2.24, 2.45) is 0 Å². The number of amides is 1. The quantitative estimate of drug-likeness (QED) is 0.831. The van der Waals surface area contributed by atoms with Gasteiger partial charge in [0.15, 0.2) is 0 Å². The van der Waals surface area contributed by atoms with Crippen molar-refractivity contribution in [3.63, 3.8) is 0 Å². The summed E-state index contributed by atoms with van der Waals surface area (Å²) in [7, 11) is 0. The van der Waals surface area contributed by atoms with Gasteiger partial charge in [-0.05, 0) is 23.6 Å². The van der Waals surface area contributed by atoms with Crippen LogP contribution in [0.4, 0.5) is 0 Å². The summed E-state index contributed by atoms with van der Waals surface area (Å²) in [5.41, 5.74) is 1.02. The first-order valence-electron chi connectivity index (χ1n) is 5.66. The van der Waals surface area contributed by atoms with Crippen molar-refractivity contribution in [2.45, 2.75) is 6.54 Å². The third kappa shape index (κ3) is 3.91. The Morgan fingerprint density at radius 3 is 2.95 bits per heavy atom. The molecule has 0 aliphatic rings. The van der Waals surface area contributed by atoms with E-state index in [9.17, 15) is 4.79 Å². The lowest BCUT2D eigenvalue weighted by molar-refractivity contribution is 0.0946. The third-order valence-corrected chi connectivity index (χ3v) is 3.19. The lowest BCUT2D eigenvalue weighted by Gasteiger charge is -2.02. The molecule has 0 aliphatic carbocycles. The first-order chi connectivity index (χ1) is 9.29. The molecule has 0 saturated carbocycles. The van der Waals surface area contributed by atoms with Gasteiger partial charge in [-0.25, -0.2) is 4.98 Å². The number of hydrogen-bond donors (Lipinski definition) is 2. The highest BCUT2D eigenvalue weighted by molar-refractivity contribution is 7.09. The van der Waals surface area contributed by atoms with Gasteiger partial charge in [-0.1, -0.05) is 17.9 Å². The summed E-state index contributed by atoms with van der Waals surface area (Å²) in [4.78, 5) is 17.0. The molecule has 2 aromatic rings. The van der Waals surface area contributed by atoms with Crippen molar-refractivity contribution in [2.75, 3.05) is 6.61 Å². The number of carbonyl (C=O) groups is 1. The number of nitrogens with one attached hydrogen (secondary N) is 1. The minimum absolute atomic E-state index is 0.191. The maximum atomic E-state index is 11.8. The Labute approximate surface area is 115 Å². The van der Waals surface area contributed by atoms with Gasteiger partial charge in [0, 0.05) is 16.6 Å². The number of pyridine rings is 1. The summed E-state index contributed by atoms with van der Waals surface area (Å²) in [6.45, 7) is 0.313. The molecule has 4 nitrogen and oxygen atoms in total. The van der Waals surface area contributed by atoms with E-state index in [1.165, 1.54) is 6.20 Å². The van der Waals surface area contributed by atoms with Gasteiger partial charge in [0.1, 0.15) is 12.3 Å². The summed E-state index contributed by atoms with van der Waals surface area (Å²) < 4.78 is 0. The minimum atomic E-state index is -0.213. The number of aromatic nitrogens is 1. The molecule has 0 atom stereocenters. The Morgan fingerprint density at radius 2 is 2.32 bits per heavy atom. The van der Waals surface area contributed by atoms with Crippen LogP contribution >= 0.6 is 11.3 Å². The average Bonchev–Trinajstić information content (AvgIpc) is 2.96. The summed E-state index contributed by atoms with van der Waals surface area (Å²) in [5, 5.41) is 13.3. The van der Waals surface area contributed by atoms with Gasteiger partial charge in [-0.15, -0.1) is 11.3 Å². The summed E-state index contributed by atoms with van der Waals surface area (Å²) in [5.74, 6) is 5.03. The molecule has 0 bridgehead atoms. The van der Waals surface area contributed by atoms with Gasteiger partial charge in [0.25, 0.3) is 5.91 Å². The van der Waals surface area contributed by atoms with Crippen LogP contribution in [0.15, 0.2) is 35.8 Å². The molecule has 0 unspecified atom stereocenters. The molecule has 2 N–H and O–H groups in total.